The second-order valence-electron chi connectivity index (χ2n) is 4.80. The van der Waals surface area contributed by atoms with Crippen LogP contribution in [0.2, 0.25) is 0 Å². The van der Waals surface area contributed by atoms with Gasteiger partial charge >= 0.3 is 5.97 Å². The number of nitrogens with one attached hydrogen (secondary N) is 1. The monoisotopic (exact) mass is 235 g/mol. The average molecular weight is 235 g/mol. The summed E-state index contributed by atoms with van der Waals surface area (Å²) in [4.78, 5) is 23.3. The number of carbonyl (C=O) groups excluding carboxylic acids is 2. The van der Waals surface area contributed by atoms with E-state index in [1.165, 1.54) is 18.3 Å². The van der Waals surface area contributed by atoms with E-state index in [4.69, 9.17) is 0 Å². The number of allylic oxidation sites excluding steroid dienone is 3. The van der Waals surface area contributed by atoms with Gasteiger partial charge in [-0.15, -0.1) is 0 Å². The molecule has 2 rings (SSSR count). The van der Waals surface area contributed by atoms with Gasteiger partial charge in [0.05, 0.1) is 7.11 Å². The number of amides is 1. The van der Waals surface area contributed by atoms with E-state index in [1.54, 1.807) is 0 Å². The Kier molecular flexibility index (Phi) is 3.05. The Balaban J connectivity index is 2.28. The van der Waals surface area contributed by atoms with Gasteiger partial charge in [0.15, 0.2) is 0 Å². The SMILES string of the molecule is COC(=O)C1=C[C@H]2CC(C)=C(C)C[C@H]2C(=O)N1. The summed E-state index contributed by atoms with van der Waals surface area (Å²) in [6.07, 6.45) is 3.48. The Hall–Kier alpha value is -1.58. The van der Waals surface area contributed by atoms with E-state index in [1.807, 2.05) is 6.08 Å². The summed E-state index contributed by atoms with van der Waals surface area (Å²) in [5.41, 5.74) is 2.89. The van der Waals surface area contributed by atoms with Gasteiger partial charge in [0, 0.05) is 5.92 Å². The maximum Gasteiger partial charge on any atom is 0.354 e. The molecule has 17 heavy (non-hydrogen) atoms. The molecule has 0 aromatic rings. The van der Waals surface area contributed by atoms with Crippen LogP contribution in [0.4, 0.5) is 0 Å². The van der Waals surface area contributed by atoms with Gasteiger partial charge in [0.25, 0.3) is 0 Å². The Bertz CT molecular complexity index is 434. The third-order valence-corrected chi connectivity index (χ3v) is 3.69. The van der Waals surface area contributed by atoms with Crippen LogP contribution in [0.3, 0.4) is 0 Å². The molecule has 1 amide bonds. The molecule has 0 saturated carbocycles. The largest absolute Gasteiger partial charge is 0.464 e. The zero-order valence-electron chi connectivity index (χ0n) is 10.4. The van der Waals surface area contributed by atoms with E-state index >= 15 is 0 Å². The molecule has 0 aromatic carbocycles. The minimum Gasteiger partial charge on any atom is -0.464 e. The molecule has 1 aliphatic carbocycles. The summed E-state index contributed by atoms with van der Waals surface area (Å²) in [5, 5.41) is 2.63. The molecule has 4 heteroatoms. The quantitative estimate of drug-likeness (QED) is 0.554. The zero-order chi connectivity index (χ0) is 12.6. The fourth-order valence-electron chi connectivity index (χ4n) is 2.50. The molecule has 0 unspecified atom stereocenters. The Morgan fingerprint density at radius 3 is 2.65 bits per heavy atom. The number of methoxy groups -OCH3 is 1. The molecule has 0 radical (unpaired) electrons. The predicted octanol–water partition coefficient (Wildman–Crippen LogP) is 1.54. The normalized spacial score (nSPS) is 28.2. The van der Waals surface area contributed by atoms with Crippen LogP contribution in [-0.4, -0.2) is 19.0 Å². The van der Waals surface area contributed by atoms with Crippen molar-refractivity contribution in [2.45, 2.75) is 26.7 Å². The van der Waals surface area contributed by atoms with Crippen molar-refractivity contribution in [2.75, 3.05) is 7.11 Å². The van der Waals surface area contributed by atoms with E-state index in [0.717, 1.165) is 12.8 Å². The number of rotatable bonds is 1. The van der Waals surface area contributed by atoms with Gasteiger partial charge < -0.3 is 10.1 Å². The van der Waals surface area contributed by atoms with Crippen molar-refractivity contribution in [3.8, 4) is 0 Å². The fourth-order valence-corrected chi connectivity index (χ4v) is 2.50. The highest BCUT2D eigenvalue weighted by atomic mass is 16.5. The Morgan fingerprint density at radius 1 is 1.35 bits per heavy atom. The van der Waals surface area contributed by atoms with E-state index in [2.05, 4.69) is 23.9 Å². The van der Waals surface area contributed by atoms with Crippen molar-refractivity contribution in [3.63, 3.8) is 0 Å². The second kappa shape index (κ2) is 4.35. The lowest BCUT2D eigenvalue weighted by Gasteiger charge is -2.33. The molecule has 0 fully saturated rings. The summed E-state index contributed by atoms with van der Waals surface area (Å²) in [6.45, 7) is 4.15. The third-order valence-electron chi connectivity index (χ3n) is 3.69. The van der Waals surface area contributed by atoms with Crippen LogP contribution in [0, 0.1) is 11.8 Å². The molecule has 2 atom stereocenters. The first-order valence-electron chi connectivity index (χ1n) is 5.79. The first-order valence-corrected chi connectivity index (χ1v) is 5.79. The predicted molar refractivity (Wildman–Crippen MR) is 62.8 cm³/mol. The van der Waals surface area contributed by atoms with E-state index in [-0.39, 0.29) is 23.4 Å². The van der Waals surface area contributed by atoms with Crippen LogP contribution in [-0.2, 0) is 14.3 Å². The standard InChI is InChI=1S/C13H17NO3/c1-7-4-9-6-11(13(16)17-3)14-12(15)10(9)5-8(7)2/h6,9-10H,4-5H2,1-3H3,(H,14,15)/t9-,10-/m1/s1. The molecule has 4 nitrogen and oxygen atoms in total. The molecule has 92 valence electrons. The minimum atomic E-state index is -0.472. The lowest BCUT2D eigenvalue weighted by Crippen LogP contribution is -2.42. The molecule has 1 aliphatic heterocycles. The summed E-state index contributed by atoms with van der Waals surface area (Å²) in [7, 11) is 1.32. The van der Waals surface area contributed by atoms with Crippen LogP contribution in [0.1, 0.15) is 26.7 Å². The van der Waals surface area contributed by atoms with E-state index < -0.39 is 5.97 Å². The molecule has 1 N–H and O–H groups in total. The number of esters is 1. The summed E-state index contributed by atoms with van der Waals surface area (Å²) >= 11 is 0. The topological polar surface area (TPSA) is 55.4 Å². The highest BCUT2D eigenvalue weighted by molar-refractivity contribution is 5.96. The van der Waals surface area contributed by atoms with Crippen LogP contribution in [0.5, 0.6) is 0 Å². The van der Waals surface area contributed by atoms with E-state index in [0.29, 0.717) is 0 Å². The highest BCUT2D eigenvalue weighted by Gasteiger charge is 2.36. The molecule has 2 aliphatic rings. The maximum atomic E-state index is 11.9. The van der Waals surface area contributed by atoms with Gasteiger partial charge in [0.2, 0.25) is 5.91 Å². The van der Waals surface area contributed by atoms with Crippen molar-refractivity contribution in [2.24, 2.45) is 11.8 Å². The first kappa shape index (κ1) is 11.9. The number of hydrogen-bond acceptors (Lipinski definition) is 3. The van der Waals surface area contributed by atoms with Crippen molar-refractivity contribution in [1.82, 2.24) is 5.32 Å². The lowest BCUT2D eigenvalue weighted by atomic mass is 9.74. The van der Waals surface area contributed by atoms with Crippen molar-refractivity contribution in [1.29, 1.82) is 0 Å². The van der Waals surface area contributed by atoms with Crippen LogP contribution in [0.25, 0.3) is 0 Å². The lowest BCUT2D eigenvalue weighted by molar-refractivity contribution is -0.139. The van der Waals surface area contributed by atoms with Crippen LogP contribution < -0.4 is 5.32 Å². The first-order chi connectivity index (χ1) is 8.02. The summed E-state index contributed by atoms with van der Waals surface area (Å²) in [5.74, 6) is -0.445. The molecule has 0 saturated heterocycles. The number of fused-ring (bicyclic) bond motifs is 1. The molecule has 0 aromatic heterocycles. The van der Waals surface area contributed by atoms with Gasteiger partial charge in [-0.2, -0.15) is 0 Å². The molecule has 0 spiro atoms. The smallest absolute Gasteiger partial charge is 0.354 e. The molecule has 1 heterocycles. The Labute approximate surface area is 101 Å². The van der Waals surface area contributed by atoms with Gasteiger partial charge in [-0.05, 0) is 38.7 Å². The van der Waals surface area contributed by atoms with Gasteiger partial charge in [-0.25, -0.2) is 4.79 Å². The number of carbonyl (C=O) groups is 2. The highest BCUT2D eigenvalue weighted by Crippen LogP contribution is 2.37. The fraction of sp³-hybridized carbons (Fsp3) is 0.538. The van der Waals surface area contributed by atoms with Crippen LogP contribution in [0.15, 0.2) is 22.9 Å². The zero-order valence-corrected chi connectivity index (χ0v) is 10.4. The van der Waals surface area contributed by atoms with Crippen molar-refractivity contribution in [3.05, 3.63) is 22.9 Å². The van der Waals surface area contributed by atoms with Crippen LogP contribution >= 0.6 is 0 Å². The number of ether oxygens (including phenoxy) is 1. The van der Waals surface area contributed by atoms with Crippen molar-refractivity contribution < 1.29 is 14.3 Å². The summed E-state index contributed by atoms with van der Waals surface area (Å²) < 4.78 is 4.63. The maximum absolute atomic E-state index is 11.9. The average Bonchev–Trinajstić information content (AvgIpc) is 2.30. The van der Waals surface area contributed by atoms with E-state index in [9.17, 15) is 9.59 Å². The molecule has 0 bridgehead atoms. The van der Waals surface area contributed by atoms with Gasteiger partial charge in [-0.1, -0.05) is 11.1 Å². The van der Waals surface area contributed by atoms with Gasteiger partial charge in [-0.3, -0.25) is 4.79 Å². The number of hydrogen-bond donors (Lipinski definition) is 1. The summed E-state index contributed by atoms with van der Waals surface area (Å²) in [6, 6.07) is 0. The minimum absolute atomic E-state index is 0.0351. The second-order valence-corrected chi connectivity index (χ2v) is 4.80. The Morgan fingerprint density at radius 2 is 2.00 bits per heavy atom. The van der Waals surface area contributed by atoms with Gasteiger partial charge in [0.1, 0.15) is 5.70 Å². The molecular weight excluding hydrogens is 218 g/mol. The molecular formula is C13H17NO3. The third kappa shape index (κ3) is 2.12. The van der Waals surface area contributed by atoms with Crippen molar-refractivity contribution >= 4 is 11.9 Å².